The van der Waals surface area contributed by atoms with E-state index in [1.165, 1.54) is 17.2 Å². The topological polar surface area (TPSA) is 78.3 Å². The first-order valence-corrected chi connectivity index (χ1v) is 11.7. The fraction of sp³-hybridized carbons (Fsp3) is 0.364. The van der Waals surface area contributed by atoms with Gasteiger partial charge in [0, 0.05) is 43.0 Å². The standard InChI is InChI=1S/C22H24N2O4S/c1-24-14-20(17-10-11-23-13-19(17)22(24)25)18-12-16(29(2,26)27)8-9-21(18)28-15-6-4-3-5-7-15/h8-15H,3-7H2,1-2H3. The molecule has 2 aromatic heterocycles. The molecule has 0 saturated heterocycles. The summed E-state index contributed by atoms with van der Waals surface area (Å²) in [5.74, 6) is 0.640. The second-order valence-electron chi connectivity index (χ2n) is 7.69. The van der Waals surface area contributed by atoms with Gasteiger partial charge in [-0.3, -0.25) is 9.78 Å². The number of aromatic nitrogens is 2. The Morgan fingerprint density at radius 1 is 1.07 bits per heavy atom. The maximum Gasteiger partial charge on any atom is 0.259 e. The van der Waals surface area contributed by atoms with E-state index in [0.717, 1.165) is 36.6 Å². The largest absolute Gasteiger partial charge is 0.490 e. The van der Waals surface area contributed by atoms with Gasteiger partial charge in [-0.1, -0.05) is 6.42 Å². The van der Waals surface area contributed by atoms with Crippen LogP contribution in [0.15, 0.2) is 52.5 Å². The number of nitrogens with zero attached hydrogens (tertiary/aromatic N) is 2. The van der Waals surface area contributed by atoms with Crippen LogP contribution < -0.4 is 10.3 Å². The highest BCUT2D eigenvalue weighted by Crippen LogP contribution is 2.37. The Hall–Kier alpha value is -2.67. The van der Waals surface area contributed by atoms with Crippen molar-refractivity contribution < 1.29 is 13.2 Å². The van der Waals surface area contributed by atoms with Crippen molar-refractivity contribution in [1.82, 2.24) is 9.55 Å². The number of rotatable bonds is 4. The lowest BCUT2D eigenvalue weighted by molar-refractivity contribution is 0.155. The van der Waals surface area contributed by atoms with Gasteiger partial charge in [0.05, 0.1) is 16.4 Å². The molecule has 0 bridgehead atoms. The molecule has 1 aliphatic carbocycles. The average Bonchev–Trinajstić information content (AvgIpc) is 2.71. The number of aryl methyl sites for hydroxylation is 1. The van der Waals surface area contributed by atoms with Gasteiger partial charge < -0.3 is 9.30 Å². The number of benzene rings is 1. The summed E-state index contributed by atoms with van der Waals surface area (Å²) in [5, 5.41) is 1.21. The minimum atomic E-state index is -3.39. The van der Waals surface area contributed by atoms with E-state index >= 15 is 0 Å². The first kappa shape index (κ1) is 19.6. The third-order valence-electron chi connectivity index (χ3n) is 5.50. The Morgan fingerprint density at radius 2 is 1.83 bits per heavy atom. The smallest absolute Gasteiger partial charge is 0.259 e. The van der Waals surface area contributed by atoms with Crippen LogP contribution in [-0.4, -0.2) is 30.3 Å². The van der Waals surface area contributed by atoms with Gasteiger partial charge in [0.1, 0.15) is 5.75 Å². The number of pyridine rings is 2. The zero-order chi connectivity index (χ0) is 20.6. The summed E-state index contributed by atoms with van der Waals surface area (Å²) in [5.41, 5.74) is 1.27. The SMILES string of the molecule is Cn1cc(-c2cc(S(C)(=O)=O)ccc2OC2CCCCC2)c2ccncc2c1=O. The Labute approximate surface area is 170 Å². The Balaban J connectivity index is 1.94. The molecule has 6 nitrogen and oxygen atoms in total. The normalized spacial score (nSPS) is 15.5. The molecule has 1 fully saturated rings. The molecular weight excluding hydrogens is 388 g/mol. The Kier molecular flexibility index (Phi) is 5.17. The van der Waals surface area contributed by atoms with Crippen molar-refractivity contribution in [2.45, 2.75) is 43.1 Å². The zero-order valence-electron chi connectivity index (χ0n) is 16.6. The van der Waals surface area contributed by atoms with Crippen LogP contribution in [0.5, 0.6) is 5.75 Å². The lowest BCUT2D eigenvalue weighted by Crippen LogP contribution is -2.20. The van der Waals surface area contributed by atoms with E-state index in [1.54, 1.807) is 49.9 Å². The van der Waals surface area contributed by atoms with Gasteiger partial charge in [-0.15, -0.1) is 0 Å². The monoisotopic (exact) mass is 412 g/mol. The minimum absolute atomic E-state index is 0.118. The van der Waals surface area contributed by atoms with Gasteiger partial charge in [0.15, 0.2) is 9.84 Å². The van der Waals surface area contributed by atoms with Gasteiger partial charge in [-0.25, -0.2) is 8.42 Å². The maximum absolute atomic E-state index is 12.5. The highest BCUT2D eigenvalue weighted by molar-refractivity contribution is 7.90. The van der Waals surface area contributed by atoms with Gasteiger partial charge in [-0.2, -0.15) is 0 Å². The predicted molar refractivity (Wildman–Crippen MR) is 113 cm³/mol. The highest BCUT2D eigenvalue weighted by atomic mass is 32.2. The van der Waals surface area contributed by atoms with E-state index in [2.05, 4.69) is 4.98 Å². The fourth-order valence-corrected chi connectivity index (χ4v) is 4.59. The van der Waals surface area contributed by atoms with Crippen LogP contribution in [0.4, 0.5) is 0 Å². The van der Waals surface area contributed by atoms with Crippen molar-refractivity contribution >= 4 is 20.6 Å². The molecule has 152 valence electrons. The first-order chi connectivity index (χ1) is 13.8. The van der Waals surface area contributed by atoms with E-state index in [1.807, 2.05) is 0 Å². The van der Waals surface area contributed by atoms with Crippen molar-refractivity contribution in [3.05, 3.63) is 53.2 Å². The average molecular weight is 413 g/mol. The molecule has 1 saturated carbocycles. The third kappa shape index (κ3) is 3.92. The second-order valence-corrected chi connectivity index (χ2v) is 9.70. The molecule has 0 radical (unpaired) electrons. The predicted octanol–water partition coefficient (Wildman–Crippen LogP) is 3.72. The lowest BCUT2D eigenvalue weighted by Gasteiger charge is -2.25. The number of fused-ring (bicyclic) bond motifs is 1. The number of ether oxygens (including phenoxy) is 1. The molecule has 0 spiro atoms. The molecular formula is C22H24N2O4S. The highest BCUT2D eigenvalue weighted by Gasteiger charge is 2.21. The van der Waals surface area contributed by atoms with E-state index in [-0.39, 0.29) is 16.6 Å². The molecule has 3 aromatic rings. The van der Waals surface area contributed by atoms with Gasteiger partial charge >= 0.3 is 0 Å². The molecule has 0 atom stereocenters. The number of hydrogen-bond donors (Lipinski definition) is 0. The van der Waals surface area contributed by atoms with Crippen LogP contribution in [-0.2, 0) is 16.9 Å². The van der Waals surface area contributed by atoms with Gasteiger partial charge in [-0.05, 0) is 55.3 Å². The van der Waals surface area contributed by atoms with Crippen molar-refractivity contribution in [3.8, 4) is 16.9 Å². The van der Waals surface area contributed by atoms with Crippen LogP contribution in [0.25, 0.3) is 21.9 Å². The molecule has 7 heteroatoms. The Morgan fingerprint density at radius 3 is 2.55 bits per heavy atom. The van der Waals surface area contributed by atoms with Gasteiger partial charge in [0.2, 0.25) is 0 Å². The van der Waals surface area contributed by atoms with Crippen molar-refractivity contribution in [2.75, 3.05) is 6.26 Å². The molecule has 0 N–H and O–H groups in total. The summed E-state index contributed by atoms with van der Waals surface area (Å²) < 4.78 is 32.2. The molecule has 0 aliphatic heterocycles. The van der Waals surface area contributed by atoms with Crippen LogP contribution in [0.1, 0.15) is 32.1 Å². The lowest BCUT2D eigenvalue weighted by atomic mass is 9.97. The quantitative estimate of drug-likeness (QED) is 0.653. The third-order valence-corrected chi connectivity index (χ3v) is 6.61. The van der Waals surface area contributed by atoms with E-state index < -0.39 is 9.84 Å². The van der Waals surface area contributed by atoms with E-state index in [4.69, 9.17) is 4.74 Å². The molecule has 2 heterocycles. The summed E-state index contributed by atoms with van der Waals surface area (Å²) in [4.78, 5) is 16.8. The van der Waals surface area contributed by atoms with Crippen molar-refractivity contribution in [2.24, 2.45) is 7.05 Å². The van der Waals surface area contributed by atoms with Crippen molar-refractivity contribution in [1.29, 1.82) is 0 Å². The molecule has 4 rings (SSSR count). The summed E-state index contributed by atoms with van der Waals surface area (Å²) in [6.45, 7) is 0. The van der Waals surface area contributed by atoms with Crippen LogP contribution >= 0.6 is 0 Å². The molecule has 0 unspecified atom stereocenters. The van der Waals surface area contributed by atoms with E-state index in [0.29, 0.717) is 16.7 Å². The fourth-order valence-electron chi connectivity index (χ4n) is 3.94. The Bertz CT molecular complexity index is 1230. The molecule has 0 amide bonds. The molecule has 29 heavy (non-hydrogen) atoms. The molecule has 1 aromatic carbocycles. The molecule has 1 aliphatic rings. The zero-order valence-corrected chi connectivity index (χ0v) is 17.4. The van der Waals surface area contributed by atoms with Crippen molar-refractivity contribution in [3.63, 3.8) is 0 Å². The number of hydrogen-bond acceptors (Lipinski definition) is 5. The van der Waals surface area contributed by atoms with Crippen LogP contribution in [0.3, 0.4) is 0 Å². The van der Waals surface area contributed by atoms with Crippen LogP contribution in [0, 0.1) is 0 Å². The summed E-state index contributed by atoms with van der Waals surface area (Å²) in [7, 11) is -1.71. The minimum Gasteiger partial charge on any atom is -0.490 e. The summed E-state index contributed by atoms with van der Waals surface area (Å²) >= 11 is 0. The van der Waals surface area contributed by atoms with E-state index in [9.17, 15) is 13.2 Å². The number of sulfone groups is 1. The van der Waals surface area contributed by atoms with Gasteiger partial charge in [0.25, 0.3) is 5.56 Å². The first-order valence-electron chi connectivity index (χ1n) is 9.79. The second kappa shape index (κ2) is 7.63. The van der Waals surface area contributed by atoms with Crippen LogP contribution in [0.2, 0.25) is 0 Å². The summed E-state index contributed by atoms with van der Waals surface area (Å²) in [6, 6.07) is 6.75. The maximum atomic E-state index is 12.5. The summed E-state index contributed by atoms with van der Waals surface area (Å²) in [6.07, 6.45) is 11.7.